The van der Waals surface area contributed by atoms with Crippen LogP contribution in [0.25, 0.3) is 0 Å². The van der Waals surface area contributed by atoms with Crippen LogP contribution in [0.4, 0.5) is 0 Å². The van der Waals surface area contributed by atoms with Gasteiger partial charge in [-0.2, -0.15) is 0 Å². The molecule has 130 valence electrons. The van der Waals surface area contributed by atoms with Crippen LogP contribution in [0, 0.1) is 6.92 Å². The Balaban J connectivity index is 1.79. The van der Waals surface area contributed by atoms with Crippen LogP contribution in [0.3, 0.4) is 0 Å². The third-order valence-electron chi connectivity index (χ3n) is 4.28. The van der Waals surface area contributed by atoms with Crippen molar-refractivity contribution in [3.63, 3.8) is 0 Å². The van der Waals surface area contributed by atoms with Crippen LogP contribution in [0.15, 0.2) is 10.6 Å². The van der Waals surface area contributed by atoms with Crippen molar-refractivity contribution < 1.29 is 9.32 Å². The van der Waals surface area contributed by atoms with Gasteiger partial charge >= 0.3 is 0 Å². The lowest BCUT2D eigenvalue weighted by Gasteiger charge is -2.37. The largest absolute Gasteiger partial charge is 0.360 e. The molecule has 1 aliphatic heterocycles. The maximum atomic E-state index is 12.5. The molecule has 1 aliphatic rings. The molecule has 1 aromatic rings. The Bertz CT molecular complexity index is 496. The van der Waals surface area contributed by atoms with Crippen molar-refractivity contribution in [2.45, 2.75) is 53.2 Å². The van der Waals surface area contributed by atoms with Crippen LogP contribution < -0.4 is 0 Å². The fourth-order valence-corrected chi connectivity index (χ4v) is 3.26. The summed E-state index contributed by atoms with van der Waals surface area (Å²) < 4.78 is 5.28. The normalized spacial score (nSPS) is 17.2. The molecule has 0 saturated carbocycles. The van der Waals surface area contributed by atoms with E-state index in [1.807, 2.05) is 17.9 Å². The second-order valence-corrected chi connectivity index (χ2v) is 6.98. The van der Waals surface area contributed by atoms with Gasteiger partial charge in [0.15, 0.2) is 5.76 Å². The van der Waals surface area contributed by atoms with Gasteiger partial charge in [-0.1, -0.05) is 5.16 Å². The van der Waals surface area contributed by atoms with Crippen LogP contribution in [0.1, 0.15) is 39.1 Å². The molecule has 1 aromatic heterocycles. The Labute approximate surface area is 139 Å². The first kappa shape index (κ1) is 17.9. The SMILES string of the molecule is Cc1cc(CN2CCN(CC(=O)N(C(C)C)C(C)C)CC2)on1. The lowest BCUT2D eigenvalue weighted by molar-refractivity contribution is -0.136. The molecule has 1 fully saturated rings. The molecule has 0 atom stereocenters. The van der Waals surface area contributed by atoms with Crippen molar-refractivity contribution in [3.05, 3.63) is 17.5 Å². The fourth-order valence-electron chi connectivity index (χ4n) is 3.26. The molecule has 0 radical (unpaired) electrons. The molecule has 2 heterocycles. The van der Waals surface area contributed by atoms with Gasteiger partial charge in [-0.05, 0) is 34.6 Å². The zero-order valence-corrected chi connectivity index (χ0v) is 15.1. The van der Waals surface area contributed by atoms with Gasteiger partial charge in [0, 0.05) is 44.3 Å². The van der Waals surface area contributed by atoms with Gasteiger partial charge in [0.25, 0.3) is 0 Å². The van der Waals surface area contributed by atoms with E-state index in [0.717, 1.165) is 44.2 Å². The number of hydrogen-bond donors (Lipinski definition) is 0. The molecule has 0 aromatic carbocycles. The summed E-state index contributed by atoms with van der Waals surface area (Å²) in [7, 11) is 0. The highest BCUT2D eigenvalue weighted by Crippen LogP contribution is 2.11. The number of amides is 1. The van der Waals surface area contributed by atoms with Gasteiger partial charge in [0.1, 0.15) is 0 Å². The Hall–Kier alpha value is -1.40. The van der Waals surface area contributed by atoms with Crippen molar-refractivity contribution in [1.29, 1.82) is 0 Å². The van der Waals surface area contributed by atoms with Gasteiger partial charge < -0.3 is 9.42 Å². The van der Waals surface area contributed by atoms with Gasteiger partial charge in [-0.3, -0.25) is 14.6 Å². The number of aromatic nitrogens is 1. The minimum absolute atomic E-state index is 0.231. The summed E-state index contributed by atoms with van der Waals surface area (Å²) >= 11 is 0. The molecule has 0 unspecified atom stereocenters. The Morgan fingerprint density at radius 3 is 2.22 bits per heavy atom. The third kappa shape index (κ3) is 5.04. The van der Waals surface area contributed by atoms with E-state index in [-0.39, 0.29) is 18.0 Å². The van der Waals surface area contributed by atoms with Crippen LogP contribution in [0.5, 0.6) is 0 Å². The van der Waals surface area contributed by atoms with Gasteiger partial charge in [-0.25, -0.2) is 0 Å². The van der Waals surface area contributed by atoms with Crippen molar-refractivity contribution in [3.8, 4) is 0 Å². The second kappa shape index (κ2) is 7.93. The van der Waals surface area contributed by atoms with Crippen molar-refractivity contribution in [1.82, 2.24) is 19.9 Å². The summed E-state index contributed by atoms with van der Waals surface area (Å²) in [4.78, 5) is 19.1. The zero-order valence-electron chi connectivity index (χ0n) is 15.1. The molecule has 0 bridgehead atoms. The molecule has 2 rings (SSSR count). The van der Waals surface area contributed by atoms with Crippen molar-refractivity contribution in [2.24, 2.45) is 0 Å². The summed E-state index contributed by atoms with van der Waals surface area (Å²) in [6.45, 7) is 15.3. The van der Waals surface area contributed by atoms with Gasteiger partial charge in [0.05, 0.1) is 18.8 Å². The first-order valence-corrected chi connectivity index (χ1v) is 8.55. The zero-order chi connectivity index (χ0) is 17.0. The summed E-state index contributed by atoms with van der Waals surface area (Å²) in [6.07, 6.45) is 0. The van der Waals surface area contributed by atoms with Gasteiger partial charge in [-0.15, -0.1) is 0 Å². The van der Waals surface area contributed by atoms with Crippen molar-refractivity contribution in [2.75, 3.05) is 32.7 Å². The standard InChI is InChI=1S/C17H30N4O2/c1-13(2)21(14(3)4)17(22)12-20-8-6-19(7-9-20)11-16-10-15(5)18-23-16/h10,13-14H,6-9,11-12H2,1-5H3. The van der Waals surface area contributed by atoms with E-state index in [1.54, 1.807) is 0 Å². The molecular formula is C17H30N4O2. The minimum Gasteiger partial charge on any atom is -0.360 e. The van der Waals surface area contributed by atoms with E-state index in [2.05, 4.69) is 42.7 Å². The smallest absolute Gasteiger partial charge is 0.237 e. The second-order valence-electron chi connectivity index (χ2n) is 6.98. The molecule has 6 heteroatoms. The summed E-state index contributed by atoms with van der Waals surface area (Å²) in [5, 5.41) is 3.93. The van der Waals surface area contributed by atoms with E-state index in [9.17, 15) is 4.79 Å². The highest BCUT2D eigenvalue weighted by atomic mass is 16.5. The predicted octanol–water partition coefficient (Wildman–Crippen LogP) is 1.75. The first-order valence-electron chi connectivity index (χ1n) is 8.55. The Morgan fingerprint density at radius 2 is 1.74 bits per heavy atom. The van der Waals surface area contributed by atoms with Gasteiger partial charge in [0.2, 0.25) is 5.91 Å². The number of aryl methyl sites for hydroxylation is 1. The van der Waals surface area contributed by atoms with Crippen LogP contribution in [-0.4, -0.2) is 70.6 Å². The Kier molecular flexibility index (Phi) is 6.18. The molecule has 6 nitrogen and oxygen atoms in total. The third-order valence-corrected chi connectivity index (χ3v) is 4.28. The van der Waals surface area contributed by atoms with E-state index in [1.165, 1.54) is 0 Å². The lowest BCUT2D eigenvalue weighted by Crippen LogP contribution is -2.52. The number of nitrogens with zero attached hydrogens (tertiary/aromatic N) is 4. The molecule has 0 aliphatic carbocycles. The summed E-state index contributed by atoms with van der Waals surface area (Å²) in [5.74, 6) is 1.15. The highest BCUT2D eigenvalue weighted by Gasteiger charge is 2.25. The summed E-state index contributed by atoms with van der Waals surface area (Å²) in [6, 6.07) is 2.48. The molecule has 0 spiro atoms. The molecule has 1 saturated heterocycles. The average Bonchev–Trinajstić information content (AvgIpc) is 2.85. The van der Waals surface area contributed by atoms with E-state index < -0.39 is 0 Å². The van der Waals surface area contributed by atoms with E-state index in [4.69, 9.17) is 4.52 Å². The quantitative estimate of drug-likeness (QED) is 0.798. The molecule has 0 N–H and O–H groups in total. The number of hydrogen-bond acceptors (Lipinski definition) is 5. The highest BCUT2D eigenvalue weighted by molar-refractivity contribution is 5.78. The molecule has 1 amide bonds. The average molecular weight is 322 g/mol. The minimum atomic E-state index is 0.231. The fraction of sp³-hybridized carbons (Fsp3) is 0.765. The maximum absolute atomic E-state index is 12.5. The van der Waals surface area contributed by atoms with Crippen LogP contribution in [-0.2, 0) is 11.3 Å². The predicted molar refractivity (Wildman–Crippen MR) is 90.1 cm³/mol. The summed E-state index contributed by atoms with van der Waals surface area (Å²) in [5.41, 5.74) is 0.923. The topological polar surface area (TPSA) is 52.8 Å². The lowest BCUT2D eigenvalue weighted by atomic mass is 10.2. The number of piperazine rings is 1. The van der Waals surface area contributed by atoms with Crippen LogP contribution >= 0.6 is 0 Å². The number of rotatable bonds is 6. The Morgan fingerprint density at radius 1 is 1.17 bits per heavy atom. The first-order chi connectivity index (χ1) is 10.9. The van der Waals surface area contributed by atoms with Crippen LogP contribution in [0.2, 0.25) is 0 Å². The maximum Gasteiger partial charge on any atom is 0.237 e. The monoisotopic (exact) mass is 322 g/mol. The molecular weight excluding hydrogens is 292 g/mol. The number of carbonyl (C=O) groups excluding carboxylic acids is 1. The van der Waals surface area contributed by atoms with E-state index in [0.29, 0.717) is 6.54 Å². The number of carbonyl (C=O) groups is 1. The van der Waals surface area contributed by atoms with Crippen molar-refractivity contribution >= 4 is 5.91 Å². The molecule has 23 heavy (non-hydrogen) atoms. The van der Waals surface area contributed by atoms with E-state index >= 15 is 0 Å².